The van der Waals surface area contributed by atoms with Crippen LogP contribution in [0.15, 0.2) is 42.5 Å². The number of hydrogen-bond donors (Lipinski definition) is 1. The van der Waals surface area contributed by atoms with Gasteiger partial charge in [-0.05, 0) is 69.0 Å². The fourth-order valence-corrected chi connectivity index (χ4v) is 3.36. The molecule has 0 aromatic heterocycles. The highest BCUT2D eigenvalue weighted by molar-refractivity contribution is 5.97. The van der Waals surface area contributed by atoms with E-state index in [0.717, 1.165) is 11.1 Å². The number of carbonyl (C=O) groups excluding carboxylic acids is 1. The van der Waals surface area contributed by atoms with Gasteiger partial charge in [0.2, 0.25) is 0 Å². The molecule has 1 aliphatic rings. The van der Waals surface area contributed by atoms with E-state index in [1.807, 2.05) is 12.1 Å². The Kier molecular flexibility index (Phi) is 4.91. The van der Waals surface area contributed by atoms with Crippen molar-refractivity contribution in [3.63, 3.8) is 0 Å². The minimum atomic E-state index is -1.21. The number of ether oxygens (including phenoxy) is 1. The highest BCUT2D eigenvalue weighted by Gasteiger charge is 2.48. The summed E-state index contributed by atoms with van der Waals surface area (Å²) in [6.45, 7) is 6.92. The lowest BCUT2D eigenvalue weighted by Gasteiger charge is -2.26. The van der Waals surface area contributed by atoms with Crippen LogP contribution in [-0.2, 0) is 21.4 Å². The number of fused-ring (bicyclic) bond motifs is 1. The molecule has 0 unspecified atom stereocenters. The Morgan fingerprint density at radius 2 is 1.75 bits per heavy atom. The Hall–Kier alpha value is -2.89. The molecule has 1 amide bonds. The average Bonchev–Trinajstić information content (AvgIpc) is 2.90. The molecule has 1 N–H and O–H groups in total. The second-order valence-electron chi connectivity index (χ2n) is 8.36. The zero-order valence-corrected chi connectivity index (χ0v) is 16.5. The predicted molar refractivity (Wildman–Crippen MR) is 104 cm³/mol. The van der Waals surface area contributed by atoms with E-state index in [2.05, 4.69) is 0 Å². The molecule has 2 aromatic rings. The summed E-state index contributed by atoms with van der Waals surface area (Å²) in [4.78, 5) is 26.0. The number of rotatable bonds is 3. The topological polar surface area (TPSA) is 66.8 Å². The molecule has 5 nitrogen and oxygen atoms in total. The molecule has 1 atom stereocenters. The molecule has 0 bridgehead atoms. The average molecular weight is 385 g/mol. The summed E-state index contributed by atoms with van der Waals surface area (Å²) in [6, 6.07) is 11.6. The Labute approximate surface area is 163 Å². The molecule has 3 rings (SSSR count). The van der Waals surface area contributed by atoms with Gasteiger partial charge in [0.05, 0.1) is 5.69 Å². The fourth-order valence-electron chi connectivity index (χ4n) is 3.36. The van der Waals surface area contributed by atoms with Crippen molar-refractivity contribution in [2.75, 3.05) is 11.4 Å². The third kappa shape index (κ3) is 3.86. The van der Waals surface area contributed by atoms with Gasteiger partial charge >= 0.3 is 12.1 Å². The predicted octanol–water partition coefficient (Wildman–Crippen LogP) is 4.51. The van der Waals surface area contributed by atoms with Gasteiger partial charge in [-0.3, -0.25) is 9.69 Å². The zero-order chi connectivity index (χ0) is 20.7. The molecule has 6 heteroatoms. The van der Waals surface area contributed by atoms with Crippen LogP contribution in [0.4, 0.5) is 14.9 Å². The van der Waals surface area contributed by atoms with Crippen LogP contribution in [0.3, 0.4) is 0 Å². The molecule has 0 saturated heterocycles. The van der Waals surface area contributed by atoms with E-state index in [1.165, 1.54) is 17.0 Å². The zero-order valence-electron chi connectivity index (χ0n) is 16.5. The molecule has 28 heavy (non-hydrogen) atoms. The van der Waals surface area contributed by atoms with Gasteiger partial charge in [-0.25, -0.2) is 9.18 Å². The molecule has 0 saturated carbocycles. The van der Waals surface area contributed by atoms with E-state index in [1.54, 1.807) is 45.9 Å². The number of anilines is 1. The van der Waals surface area contributed by atoms with Crippen molar-refractivity contribution >= 4 is 17.7 Å². The van der Waals surface area contributed by atoms with Crippen molar-refractivity contribution < 1.29 is 23.8 Å². The Balaban J connectivity index is 1.98. The number of carboxylic acid groups (broad SMARTS) is 1. The number of nitrogens with zero attached hydrogens (tertiary/aromatic N) is 1. The first-order valence-electron chi connectivity index (χ1n) is 9.11. The van der Waals surface area contributed by atoms with Gasteiger partial charge in [-0.2, -0.15) is 0 Å². The number of carboxylic acids is 1. The first kappa shape index (κ1) is 19.9. The van der Waals surface area contributed by atoms with Crippen LogP contribution in [0.25, 0.3) is 0 Å². The lowest BCUT2D eigenvalue weighted by Crippen LogP contribution is -2.42. The summed E-state index contributed by atoms with van der Waals surface area (Å²) < 4.78 is 18.6. The van der Waals surface area contributed by atoms with Crippen LogP contribution >= 0.6 is 0 Å². The van der Waals surface area contributed by atoms with Crippen LogP contribution in [0, 0.1) is 5.82 Å². The van der Waals surface area contributed by atoms with E-state index < -0.39 is 23.1 Å². The number of halogens is 1. The maximum atomic E-state index is 13.1. The third-order valence-corrected chi connectivity index (χ3v) is 4.83. The fraction of sp³-hybridized carbons (Fsp3) is 0.364. The number of benzene rings is 2. The quantitative estimate of drug-likeness (QED) is 0.844. The van der Waals surface area contributed by atoms with Crippen LogP contribution in [-0.4, -0.2) is 29.3 Å². The van der Waals surface area contributed by atoms with Gasteiger partial charge in [-0.1, -0.05) is 24.3 Å². The van der Waals surface area contributed by atoms with Crippen molar-refractivity contribution in [1.82, 2.24) is 0 Å². The molecule has 0 fully saturated rings. The summed E-state index contributed by atoms with van der Waals surface area (Å²) in [5.41, 5.74) is 1.04. The van der Waals surface area contributed by atoms with Gasteiger partial charge in [0.1, 0.15) is 16.8 Å². The number of hydrogen-bond acceptors (Lipinski definition) is 3. The highest BCUT2D eigenvalue weighted by Crippen LogP contribution is 2.42. The molecule has 0 aliphatic carbocycles. The van der Waals surface area contributed by atoms with E-state index in [9.17, 15) is 19.1 Å². The first-order valence-corrected chi connectivity index (χ1v) is 9.11. The molecule has 0 radical (unpaired) electrons. The standard InChI is InChI=1S/C22H24FNO4/c1-21(2,3)28-20(27)24-13-22(4,19(25)26)17-10-7-15(12-18(17)24)11-14-5-8-16(23)9-6-14/h5-10,12H,11,13H2,1-4H3,(H,25,26)/t22-/m0/s1. The Morgan fingerprint density at radius 3 is 2.32 bits per heavy atom. The Bertz CT molecular complexity index is 917. The van der Waals surface area contributed by atoms with Gasteiger partial charge < -0.3 is 9.84 Å². The van der Waals surface area contributed by atoms with E-state index >= 15 is 0 Å². The molecule has 0 spiro atoms. The van der Waals surface area contributed by atoms with Gasteiger partial charge in [0.25, 0.3) is 0 Å². The lowest BCUT2D eigenvalue weighted by atomic mass is 9.84. The number of carbonyl (C=O) groups is 2. The molecule has 1 aliphatic heterocycles. The van der Waals surface area contributed by atoms with E-state index in [0.29, 0.717) is 17.7 Å². The second kappa shape index (κ2) is 6.93. The van der Waals surface area contributed by atoms with Crippen LogP contribution in [0.2, 0.25) is 0 Å². The summed E-state index contributed by atoms with van der Waals surface area (Å²) in [5.74, 6) is -1.29. The van der Waals surface area contributed by atoms with Crippen molar-refractivity contribution in [3.05, 3.63) is 65.0 Å². The van der Waals surface area contributed by atoms with E-state index in [-0.39, 0.29) is 12.4 Å². The van der Waals surface area contributed by atoms with Crippen LogP contribution in [0.5, 0.6) is 0 Å². The highest BCUT2D eigenvalue weighted by atomic mass is 19.1. The van der Waals surface area contributed by atoms with Crippen molar-refractivity contribution in [3.8, 4) is 0 Å². The monoisotopic (exact) mass is 385 g/mol. The van der Waals surface area contributed by atoms with Gasteiger partial charge in [0, 0.05) is 6.54 Å². The summed E-state index contributed by atoms with van der Waals surface area (Å²) in [5, 5.41) is 9.77. The smallest absolute Gasteiger partial charge is 0.414 e. The van der Waals surface area contributed by atoms with Crippen molar-refractivity contribution in [2.45, 2.75) is 45.1 Å². The summed E-state index contributed by atoms with van der Waals surface area (Å²) in [7, 11) is 0. The maximum Gasteiger partial charge on any atom is 0.414 e. The SMILES string of the molecule is CC(C)(C)OC(=O)N1C[C@](C)(C(=O)O)c2ccc(Cc3ccc(F)cc3)cc21. The lowest BCUT2D eigenvalue weighted by molar-refractivity contribution is -0.142. The normalized spacial score (nSPS) is 18.7. The molecular weight excluding hydrogens is 361 g/mol. The molecule has 1 heterocycles. The maximum absolute atomic E-state index is 13.1. The second-order valence-corrected chi connectivity index (χ2v) is 8.36. The van der Waals surface area contributed by atoms with Gasteiger partial charge in [-0.15, -0.1) is 0 Å². The van der Waals surface area contributed by atoms with Crippen LogP contribution < -0.4 is 4.90 Å². The number of amides is 1. The first-order chi connectivity index (χ1) is 13.0. The molecule has 2 aromatic carbocycles. The summed E-state index contributed by atoms with van der Waals surface area (Å²) >= 11 is 0. The molecular formula is C22H24FNO4. The molecule has 148 valence electrons. The minimum absolute atomic E-state index is 0.00653. The van der Waals surface area contributed by atoms with E-state index in [4.69, 9.17) is 4.74 Å². The largest absolute Gasteiger partial charge is 0.481 e. The van der Waals surface area contributed by atoms with Crippen LogP contribution in [0.1, 0.15) is 44.4 Å². The summed E-state index contributed by atoms with van der Waals surface area (Å²) in [6.07, 6.45) is -0.0304. The number of aliphatic carboxylic acids is 1. The van der Waals surface area contributed by atoms with Crippen molar-refractivity contribution in [2.24, 2.45) is 0 Å². The third-order valence-electron chi connectivity index (χ3n) is 4.83. The van der Waals surface area contributed by atoms with Gasteiger partial charge in [0.15, 0.2) is 0 Å². The Morgan fingerprint density at radius 1 is 1.14 bits per heavy atom. The van der Waals surface area contributed by atoms with Crippen molar-refractivity contribution in [1.29, 1.82) is 0 Å². The minimum Gasteiger partial charge on any atom is -0.481 e.